The average Bonchev–Trinajstić information content (AvgIpc) is 2.57. The molecule has 1 aromatic carbocycles. The SMILES string of the molecule is CCC#CC(C)C(C)c1cc(C)c2c(c1)OC(C)(CCC=C(C)C)C=C2. The molecule has 0 fully saturated rings. The first kappa shape index (κ1) is 20.4. The topological polar surface area (TPSA) is 9.23 Å². The summed E-state index contributed by atoms with van der Waals surface area (Å²) < 4.78 is 6.48. The summed E-state index contributed by atoms with van der Waals surface area (Å²) in [6.07, 6.45) is 9.70. The molecule has 0 N–H and O–H groups in total. The minimum absolute atomic E-state index is 0.235. The summed E-state index contributed by atoms with van der Waals surface area (Å²) in [6, 6.07) is 4.53. The van der Waals surface area contributed by atoms with Crippen molar-refractivity contribution in [3.8, 4) is 17.6 Å². The van der Waals surface area contributed by atoms with Crippen molar-refractivity contribution in [2.75, 3.05) is 0 Å². The Bertz CT molecular complexity index is 752. The molecule has 0 aromatic heterocycles. The molecule has 1 aliphatic rings. The predicted octanol–water partition coefficient (Wildman–Crippen LogP) is 7.06. The molecule has 3 atom stereocenters. The number of allylic oxidation sites excluding steroid dienone is 2. The number of benzene rings is 1. The summed E-state index contributed by atoms with van der Waals surface area (Å²) in [6.45, 7) is 15.2. The third-order valence-electron chi connectivity index (χ3n) is 5.29. The number of rotatable bonds is 5. The van der Waals surface area contributed by atoms with Gasteiger partial charge < -0.3 is 4.74 Å². The van der Waals surface area contributed by atoms with Crippen molar-refractivity contribution in [3.63, 3.8) is 0 Å². The highest BCUT2D eigenvalue weighted by Gasteiger charge is 2.28. The molecule has 1 aliphatic heterocycles. The van der Waals surface area contributed by atoms with E-state index >= 15 is 0 Å². The van der Waals surface area contributed by atoms with E-state index in [1.54, 1.807) is 0 Å². The van der Waals surface area contributed by atoms with E-state index < -0.39 is 0 Å². The van der Waals surface area contributed by atoms with Gasteiger partial charge in [-0.25, -0.2) is 0 Å². The summed E-state index contributed by atoms with van der Waals surface area (Å²) >= 11 is 0. The smallest absolute Gasteiger partial charge is 0.128 e. The second-order valence-electron chi connectivity index (χ2n) is 8.07. The van der Waals surface area contributed by atoms with Crippen LogP contribution in [0, 0.1) is 24.7 Å². The van der Waals surface area contributed by atoms with Gasteiger partial charge in [0, 0.05) is 17.9 Å². The highest BCUT2D eigenvalue weighted by Crippen LogP contribution is 2.38. The van der Waals surface area contributed by atoms with Crippen molar-refractivity contribution in [2.24, 2.45) is 5.92 Å². The first-order chi connectivity index (χ1) is 12.3. The van der Waals surface area contributed by atoms with Gasteiger partial charge in [-0.1, -0.05) is 50.5 Å². The van der Waals surface area contributed by atoms with E-state index in [0.29, 0.717) is 11.8 Å². The van der Waals surface area contributed by atoms with Crippen molar-refractivity contribution in [3.05, 3.63) is 46.5 Å². The molecule has 1 heteroatoms. The van der Waals surface area contributed by atoms with Crippen molar-refractivity contribution < 1.29 is 4.74 Å². The van der Waals surface area contributed by atoms with E-state index in [1.807, 2.05) is 0 Å². The first-order valence-electron chi connectivity index (χ1n) is 9.90. The van der Waals surface area contributed by atoms with Gasteiger partial charge in [-0.05, 0) is 69.7 Å². The van der Waals surface area contributed by atoms with Crippen LogP contribution in [-0.4, -0.2) is 5.60 Å². The fourth-order valence-electron chi connectivity index (χ4n) is 3.36. The Balaban J connectivity index is 2.26. The van der Waals surface area contributed by atoms with E-state index in [2.05, 4.69) is 90.7 Å². The lowest BCUT2D eigenvalue weighted by molar-refractivity contribution is 0.128. The Morgan fingerprint density at radius 1 is 1.27 bits per heavy atom. The standard InChI is InChI=1S/C25H34O/c1-8-9-12-19(4)21(6)22-16-20(5)23-13-15-25(7,26-24(23)17-22)14-10-11-18(2)3/h11,13,15-17,19,21H,8,10,14H2,1-7H3. The maximum absolute atomic E-state index is 6.48. The Morgan fingerprint density at radius 2 is 2.00 bits per heavy atom. The Hall–Kier alpha value is -1.94. The molecular formula is C25H34O. The van der Waals surface area contributed by atoms with Crippen LogP contribution in [0.1, 0.15) is 83.4 Å². The molecule has 26 heavy (non-hydrogen) atoms. The summed E-state index contributed by atoms with van der Waals surface area (Å²) in [7, 11) is 0. The Kier molecular flexibility index (Phi) is 6.76. The zero-order valence-corrected chi connectivity index (χ0v) is 17.6. The molecule has 0 saturated heterocycles. The van der Waals surface area contributed by atoms with Gasteiger partial charge in [0.05, 0.1) is 0 Å². The molecule has 0 saturated carbocycles. The van der Waals surface area contributed by atoms with Crippen LogP contribution in [0.25, 0.3) is 6.08 Å². The van der Waals surface area contributed by atoms with Crippen LogP contribution in [0.2, 0.25) is 0 Å². The first-order valence-corrected chi connectivity index (χ1v) is 9.90. The second-order valence-corrected chi connectivity index (χ2v) is 8.07. The Morgan fingerprint density at radius 3 is 2.65 bits per heavy atom. The molecule has 3 unspecified atom stereocenters. The Labute approximate surface area is 160 Å². The monoisotopic (exact) mass is 350 g/mol. The number of aryl methyl sites for hydroxylation is 1. The molecule has 1 heterocycles. The number of hydrogen-bond acceptors (Lipinski definition) is 1. The van der Waals surface area contributed by atoms with E-state index in [4.69, 9.17) is 4.74 Å². The zero-order valence-electron chi connectivity index (χ0n) is 17.6. The lowest BCUT2D eigenvalue weighted by atomic mass is 9.86. The van der Waals surface area contributed by atoms with E-state index in [-0.39, 0.29) is 5.60 Å². The van der Waals surface area contributed by atoms with Gasteiger partial charge in [0.2, 0.25) is 0 Å². The van der Waals surface area contributed by atoms with Gasteiger partial charge >= 0.3 is 0 Å². The maximum atomic E-state index is 6.48. The third-order valence-corrected chi connectivity index (χ3v) is 5.29. The lowest BCUT2D eigenvalue weighted by Gasteiger charge is -2.33. The number of hydrogen-bond donors (Lipinski definition) is 0. The van der Waals surface area contributed by atoms with Crippen LogP contribution in [0.5, 0.6) is 5.75 Å². The van der Waals surface area contributed by atoms with E-state index in [0.717, 1.165) is 25.0 Å². The highest BCUT2D eigenvalue weighted by molar-refractivity contribution is 5.65. The van der Waals surface area contributed by atoms with Crippen molar-refractivity contribution in [1.82, 2.24) is 0 Å². The van der Waals surface area contributed by atoms with Gasteiger partial charge in [-0.15, -0.1) is 5.92 Å². The van der Waals surface area contributed by atoms with Gasteiger partial charge in [0.1, 0.15) is 11.4 Å². The van der Waals surface area contributed by atoms with Crippen molar-refractivity contribution in [2.45, 2.75) is 79.2 Å². The fraction of sp³-hybridized carbons (Fsp3) is 0.520. The molecule has 1 nitrogen and oxygen atoms in total. The van der Waals surface area contributed by atoms with Crippen molar-refractivity contribution in [1.29, 1.82) is 0 Å². The van der Waals surface area contributed by atoms with E-state index in [1.165, 1.54) is 22.3 Å². The van der Waals surface area contributed by atoms with Crippen molar-refractivity contribution >= 4 is 6.08 Å². The number of fused-ring (bicyclic) bond motifs is 1. The minimum atomic E-state index is -0.235. The van der Waals surface area contributed by atoms with Crippen LogP contribution in [0.3, 0.4) is 0 Å². The molecule has 0 aliphatic carbocycles. The van der Waals surface area contributed by atoms with Gasteiger partial charge in [-0.3, -0.25) is 0 Å². The van der Waals surface area contributed by atoms with Crippen LogP contribution in [0.15, 0.2) is 29.9 Å². The van der Waals surface area contributed by atoms with Gasteiger partial charge in [-0.2, -0.15) is 0 Å². The van der Waals surface area contributed by atoms with Crippen LogP contribution >= 0.6 is 0 Å². The number of ether oxygens (including phenoxy) is 1. The molecule has 0 amide bonds. The minimum Gasteiger partial charge on any atom is -0.483 e. The fourth-order valence-corrected chi connectivity index (χ4v) is 3.36. The van der Waals surface area contributed by atoms with Crippen LogP contribution in [0.4, 0.5) is 0 Å². The molecule has 140 valence electrons. The molecule has 0 bridgehead atoms. The summed E-state index contributed by atoms with van der Waals surface area (Å²) in [5, 5.41) is 0. The molecule has 1 aromatic rings. The zero-order chi connectivity index (χ0) is 19.3. The van der Waals surface area contributed by atoms with Gasteiger partial charge in [0.15, 0.2) is 0 Å². The van der Waals surface area contributed by atoms with E-state index in [9.17, 15) is 0 Å². The molecule has 0 spiro atoms. The van der Waals surface area contributed by atoms with Crippen LogP contribution in [-0.2, 0) is 0 Å². The molecule has 2 rings (SSSR count). The normalized spacial score (nSPS) is 20.3. The largest absolute Gasteiger partial charge is 0.483 e. The quantitative estimate of drug-likeness (QED) is 0.408. The second kappa shape index (κ2) is 8.63. The third kappa shape index (κ3) is 5.04. The molecule has 0 radical (unpaired) electrons. The van der Waals surface area contributed by atoms with Crippen LogP contribution < -0.4 is 4.74 Å². The average molecular weight is 351 g/mol. The lowest BCUT2D eigenvalue weighted by Crippen LogP contribution is -2.32. The highest BCUT2D eigenvalue weighted by atomic mass is 16.5. The summed E-state index contributed by atoms with van der Waals surface area (Å²) in [5.74, 6) is 8.35. The summed E-state index contributed by atoms with van der Waals surface area (Å²) in [5.41, 5.74) is 4.94. The predicted molar refractivity (Wildman–Crippen MR) is 114 cm³/mol. The van der Waals surface area contributed by atoms with Gasteiger partial charge in [0.25, 0.3) is 0 Å². The summed E-state index contributed by atoms with van der Waals surface area (Å²) in [4.78, 5) is 0. The molecular weight excluding hydrogens is 316 g/mol. The maximum Gasteiger partial charge on any atom is 0.128 e.